The van der Waals surface area contributed by atoms with Crippen molar-refractivity contribution < 1.29 is 0 Å². The molecule has 2 nitrogen and oxygen atoms in total. The Kier molecular flexibility index (Phi) is 1.80. The van der Waals surface area contributed by atoms with Crippen LogP contribution in [0, 0.1) is 0 Å². The summed E-state index contributed by atoms with van der Waals surface area (Å²) in [6, 6.07) is 6.58. The van der Waals surface area contributed by atoms with Crippen LogP contribution in [-0.4, -0.2) is 0 Å². The lowest BCUT2D eigenvalue weighted by Gasteiger charge is -1.94. The summed E-state index contributed by atoms with van der Waals surface area (Å²) in [7, 11) is 0. The molecule has 0 heterocycles. The van der Waals surface area contributed by atoms with Crippen LogP contribution in [0.2, 0.25) is 5.02 Å². The third-order valence-corrected chi connectivity index (χ3v) is 1.19. The minimum Gasteiger partial charge on any atom is -0.706 e. The van der Waals surface area contributed by atoms with Crippen molar-refractivity contribution in [2.75, 3.05) is 0 Å². The van der Waals surface area contributed by atoms with Gasteiger partial charge in [-0.2, -0.15) is 0 Å². The molecular weight excluding hydrogens is 136 g/mol. The molecule has 0 aromatic heterocycles. The monoisotopic (exact) mass is 139 g/mol. The highest BCUT2D eigenvalue weighted by atomic mass is 35.5. The van der Waals surface area contributed by atoms with Crippen LogP contribution in [0.1, 0.15) is 0 Å². The average Bonchev–Trinajstić information content (AvgIpc) is 1.90. The first-order valence-electron chi connectivity index (χ1n) is 2.43. The van der Waals surface area contributed by atoms with E-state index in [1.807, 2.05) is 0 Å². The van der Waals surface area contributed by atoms with E-state index >= 15 is 0 Å². The zero-order valence-electron chi connectivity index (χ0n) is 4.58. The number of halogens is 1. The molecule has 0 unspecified atom stereocenters. The van der Waals surface area contributed by atoms with Gasteiger partial charge in [-0.1, -0.05) is 11.6 Å². The van der Waals surface area contributed by atoms with Crippen LogP contribution >= 0.6 is 11.6 Å². The maximum atomic E-state index is 8.21. The van der Waals surface area contributed by atoms with Crippen molar-refractivity contribution in [2.24, 2.45) is 5.11 Å². The normalized spacial score (nSPS) is 9.00. The molecule has 0 amide bonds. The predicted molar refractivity (Wildman–Crippen MR) is 36.9 cm³/mol. The molecule has 46 valence electrons. The molecule has 0 aliphatic rings. The highest BCUT2D eigenvalue weighted by Crippen LogP contribution is 2.15. The third kappa shape index (κ3) is 1.50. The molecule has 0 saturated carbocycles. The molecule has 0 fully saturated rings. The molecule has 0 spiro atoms. The summed E-state index contributed by atoms with van der Waals surface area (Å²) in [6.07, 6.45) is 0. The van der Waals surface area contributed by atoms with Gasteiger partial charge in [-0.25, -0.2) is 0 Å². The van der Waals surface area contributed by atoms with Gasteiger partial charge >= 0.3 is 0 Å². The molecule has 1 aromatic carbocycles. The highest BCUT2D eigenvalue weighted by Gasteiger charge is 1.83. The Morgan fingerprint density at radius 2 is 1.78 bits per heavy atom. The van der Waals surface area contributed by atoms with Crippen molar-refractivity contribution >= 4 is 17.3 Å². The summed E-state index contributed by atoms with van der Waals surface area (Å²) >= 11 is 5.55. The van der Waals surface area contributed by atoms with Gasteiger partial charge in [0.05, 0.1) is 0 Å². The Morgan fingerprint density at radius 1 is 1.22 bits per heavy atom. The number of nitrogens with zero attached hydrogens (tertiary/aromatic N) is 2. The smallest absolute Gasteiger partial charge is 0.0407 e. The van der Waals surface area contributed by atoms with E-state index in [0.717, 1.165) is 0 Å². The molecule has 0 N–H and O–H groups in total. The standard InChI is InChI=1S/C6H4ClN2/c7-5-1-3-6(9-8)4-2-5/h1-4H/q-1. The molecular formula is C6H4ClN2-. The van der Waals surface area contributed by atoms with Crippen LogP contribution in [0.4, 0.5) is 5.69 Å². The van der Waals surface area contributed by atoms with Crippen LogP contribution in [0.25, 0.3) is 5.53 Å². The second-order valence-corrected chi connectivity index (χ2v) is 2.01. The molecule has 0 bridgehead atoms. The highest BCUT2D eigenvalue weighted by molar-refractivity contribution is 6.30. The minimum absolute atomic E-state index is 0.513. The van der Waals surface area contributed by atoms with Gasteiger partial charge in [-0.3, -0.25) is 0 Å². The first-order valence-corrected chi connectivity index (χ1v) is 2.81. The van der Waals surface area contributed by atoms with Crippen LogP contribution < -0.4 is 0 Å². The van der Waals surface area contributed by atoms with Crippen molar-refractivity contribution in [3.63, 3.8) is 0 Å². The van der Waals surface area contributed by atoms with Gasteiger partial charge < -0.3 is 10.6 Å². The number of hydrogen-bond acceptors (Lipinski definition) is 1. The summed E-state index contributed by atoms with van der Waals surface area (Å²) in [6.45, 7) is 0. The fourth-order valence-electron chi connectivity index (χ4n) is 0.508. The van der Waals surface area contributed by atoms with Gasteiger partial charge in [0.2, 0.25) is 0 Å². The summed E-state index contributed by atoms with van der Waals surface area (Å²) in [5, 5.41) is 3.59. The zero-order valence-corrected chi connectivity index (χ0v) is 5.34. The second-order valence-electron chi connectivity index (χ2n) is 1.58. The maximum absolute atomic E-state index is 8.21. The second kappa shape index (κ2) is 2.60. The summed E-state index contributed by atoms with van der Waals surface area (Å²) in [5.74, 6) is 0. The molecule has 0 aliphatic carbocycles. The van der Waals surface area contributed by atoms with Gasteiger partial charge in [0, 0.05) is 10.7 Å². The summed E-state index contributed by atoms with van der Waals surface area (Å²) < 4.78 is 0. The molecule has 0 saturated heterocycles. The van der Waals surface area contributed by atoms with E-state index < -0.39 is 0 Å². The average molecular weight is 140 g/mol. The van der Waals surface area contributed by atoms with Crippen molar-refractivity contribution in [2.45, 2.75) is 0 Å². The van der Waals surface area contributed by atoms with Crippen LogP contribution in [0.3, 0.4) is 0 Å². The Labute approximate surface area is 58.0 Å². The van der Waals surface area contributed by atoms with Crippen molar-refractivity contribution in [3.8, 4) is 0 Å². The Bertz CT molecular complexity index is 205. The lowest BCUT2D eigenvalue weighted by molar-refractivity contribution is 1.50. The van der Waals surface area contributed by atoms with Crippen molar-refractivity contribution in [1.82, 2.24) is 0 Å². The molecule has 0 radical (unpaired) electrons. The lowest BCUT2D eigenvalue weighted by atomic mass is 10.3. The number of hydrogen-bond donors (Lipinski definition) is 0. The van der Waals surface area contributed by atoms with E-state index in [4.69, 9.17) is 17.1 Å². The minimum atomic E-state index is 0.513. The molecule has 9 heavy (non-hydrogen) atoms. The number of rotatable bonds is 1. The fourth-order valence-corrected chi connectivity index (χ4v) is 0.634. The largest absolute Gasteiger partial charge is 0.706 e. The maximum Gasteiger partial charge on any atom is 0.0407 e. The van der Waals surface area contributed by atoms with Gasteiger partial charge in [0.1, 0.15) is 0 Å². The first kappa shape index (κ1) is 6.23. The van der Waals surface area contributed by atoms with Crippen LogP contribution in [0.15, 0.2) is 29.4 Å². The molecule has 0 aliphatic heterocycles. The van der Waals surface area contributed by atoms with E-state index in [1.54, 1.807) is 24.3 Å². The lowest BCUT2D eigenvalue weighted by Crippen LogP contribution is -1.60. The Morgan fingerprint density at radius 3 is 2.22 bits per heavy atom. The third-order valence-electron chi connectivity index (χ3n) is 0.942. The predicted octanol–water partition coefficient (Wildman–Crippen LogP) is 2.99. The van der Waals surface area contributed by atoms with Crippen molar-refractivity contribution in [3.05, 3.63) is 34.8 Å². The Hall–Kier alpha value is -0.890. The van der Waals surface area contributed by atoms with E-state index in [0.29, 0.717) is 10.7 Å². The summed E-state index contributed by atoms with van der Waals surface area (Å²) in [4.78, 5) is 0. The van der Waals surface area contributed by atoms with Gasteiger partial charge in [0.15, 0.2) is 0 Å². The fraction of sp³-hybridized carbons (Fsp3) is 0. The first-order chi connectivity index (χ1) is 4.33. The molecule has 0 atom stereocenters. The van der Waals surface area contributed by atoms with Crippen LogP contribution in [-0.2, 0) is 0 Å². The molecule has 3 heteroatoms. The zero-order chi connectivity index (χ0) is 6.69. The van der Waals surface area contributed by atoms with Gasteiger partial charge in [0.25, 0.3) is 0 Å². The van der Waals surface area contributed by atoms with E-state index in [1.165, 1.54) is 0 Å². The van der Waals surface area contributed by atoms with Crippen molar-refractivity contribution in [1.29, 1.82) is 0 Å². The summed E-state index contributed by atoms with van der Waals surface area (Å²) in [5.41, 5.74) is 8.72. The topological polar surface area (TPSA) is 34.7 Å². The van der Waals surface area contributed by atoms with E-state index in [-0.39, 0.29) is 0 Å². The van der Waals surface area contributed by atoms with E-state index in [9.17, 15) is 0 Å². The van der Waals surface area contributed by atoms with Gasteiger partial charge in [-0.15, -0.1) is 0 Å². The SMILES string of the molecule is [N-]=Nc1ccc(Cl)cc1. The van der Waals surface area contributed by atoms with Crippen LogP contribution in [0.5, 0.6) is 0 Å². The quantitative estimate of drug-likeness (QED) is 0.536. The molecule has 1 rings (SSSR count). The molecule has 1 aromatic rings. The van der Waals surface area contributed by atoms with E-state index in [2.05, 4.69) is 5.11 Å². The number of benzene rings is 1. The Balaban J connectivity index is 3.01. The van der Waals surface area contributed by atoms with Gasteiger partial charge in [-0.05, 0) is 24.3 Å².